The average molecular weight is 1020 g/mol. The number of benzene rings is 2. The molecule has 0 saturated carbocycles. The summed E-state index contributed by atoms with van der Waals surface area (Å²) >= 11 is 0. The molecular weight excluding hydrogens is 972 g/mol. The first-order valence-corrected chi connectivity index (χ1v) is 24.1. The van der Waals surface area contributed by atoms with Crippen molar-refractivity contribution in [2.45, 2.75) is 87.9 Å². The Bertz CT molecular complexity index is 2800. The molecule has 28 nitrogen and oxygen atoms in total. The van der Waals surface area contributed by atoms with Gasteiger partial charge in [-0.15, -0.1) is 0 Å². The van der Waals surface area contributed by atoms with Gasteiger partial charge in [-0.1, -0.05) is 49.4 Å². The molecule has 7 rings (SSSR count). The normalized spacial score (nSPS) is 23.6. The molecular formula is C40H47N9O19P2. The Morgan fingerprint density at radius 3 is 2.21 bits per heavy atom. The number of aryl methyl sites for hydroxylation is 1. The van der Waals surface area contributed by atoms with Gasteiger partial charge in [0.2, 0.25) is 0 Å². The summed E-state index contributed by atoms with van der Waals surface area (Å²) in [6, 6.07) is 14.8. The second-order valence-electron chi connectivity index (χ2n) is 15.5. The van der Waals surface area contributed by atoms with Crippen LogP contribution in [0.25, 0.3) is 11.2 Å². The molecule has 5 heterocycles. The van der Waals surface area contributed by atoms with Crippen molar-refractivity contribution in [1.82, 2.24) is 34.4 Å². The lowest BCUT2D eigenvalue weighted by Crippen LogP contribution is -2.47. The summed E-state index contributed by atoms with van der Waals surface area (Å²) in [5.41, 5.74) is 11.9. The first-order chi connectivity index (χ1) is 33.3. The number of nitrogens with zero attached hydrogens (tertiary/aromatic N) is 6. The van der Waals surface area contributed by atoms with E-state index in [1.165, 1.54) is 29.1 Å². The van der Waals surface area contributed by atoms with Gasteiger partial charge >= 0.3 is 39.4 Å². The number of nitrogens with two attached hydrogens (primary N) is 2. The van der Waals surface area contributed by atoms with Crippen LogP contribution in [0.1, 0.15) is 43.3 Å². The summed E-state index contributed by atoms with van der Waals surface area (Å²) in [5, 5.41) is 25.5. The molecule has 1 unspecified atom stereocenters. The molecule has 5 aromatic rings. The Morgan fingerprint density at radius 2 is 1.53 bits per heavy atom. The molecule has 70 heavy (non-hydrogen) atoms. The quantitative estimate of drug-likeness (QED) is 0.0299. The van der Waals surface area contributed by atoms with Crippen molar-refractivity contribution in [3.05, 3.63) is 101 Å². The highest BCUT2D eigenvalue weighted by atomic mass is 31.2. The molecule has 2 aliphatic rings. The molecule has 0 bridgehead atoms. The van der Waals surface area contributed by atoms with Gasteiger partial charge in [-0.05, 0) is 42.2 Å². The number of fused-ring (bicyclic) bond motifs is 1. The summed E-state index contributed by atoms with van der Waals surface area (Å²) in [6.07, 6.45) is -11.5. The number of phosphoric acid groups is 2. The Labute approximate surface area is 395 Å². The summed E-state index contributed by atoms with van der Waals surface area (Å²) in [5.74, 6) is -1.51. The molecule has 2 saturated heterocycles. The number of alkyl carbamates (subject to hydrolysis) is 1. The van der Waals surface area contributed by atoms with Crippen LogP contribution in [0.15, 0.2) is 84.3 Å². The number of aliphatic hydroxyl groups is 2. The number of hydrogen-bond acceptors (Lipinski definition) is 22. The number of anilines is 2. The zero-order chi connectivity index (χ0) is 50.3. The van der Waals surface area contributed by atoms with E-state index >= 15 is 0 Å². The van der Waals surface area contributed by atoms with Crippen LogP contribution < -0.4 is 27.2 Å². The van der Waals surface area contributed by atoms with E-state index in [0.29, 0.717) is 5.56 Å². The van der Waals surface area contributed by atoms with Gasteiger partial charge in [-0.3, -0.25) is 27.5 Å². The number of ether oxygens (including phenoxy) is 5. The molecule has 0 spiro atoms. The molecule has 0 radical (unpaired) electrons. The zero-order valence-electron chi connectivity index (χ0n) is 36.6. The Morgan fingerprint density at radius 1 is 0.857 bits per heavy atom. The van der Waals surface area contributed by atoms with E-state index in [0.717, 1.165) is 22.7 Å². The molecule has 0 aliphatic carbocycles. The Hall–Kier alpha value is -6.26. The second kappa shape index (κ2) is 22.2. The minimum atomic E-state index is -5.47. The van der Waals surface area contributed by atoms with Gasteiger partial charge in [-0.2, -0.15) is 4.98 Å². The van der Waals surface area contributed by atoms with Crippen molar-refractivity contribution in [3.8, 4) is 5.75 Å². The number of nitrogen functional groups attached to an aromatic ring is 2. The van der Waals surface area contributed by atoms with Crippen molar-refractivity contribution in [3.63, 3.8) is 0 Å². The van der Waals surface area contributed by atoms with Crippen molar-refractivity contribution in [2.75, 3.05) is 24.7 Å². The van der Waals surface area contributed by atoms with E-state index in [2.05, 4.69) is 29.8 Å². The third kappa shape index (κ3) is 12.9. The number of amides is 1. The van der Waals surface area contributed by atoms with Crippen LogP contribution in [0.5, 0.6) is 5.75 Å². The molecule has 30 heteroatoms. The third-order valence-corrected chi connectivity index (χ3v) is 12.1. The maximum atomic E-state index is 14.2. The Kier molecular flexibility index (Phi) is 16.4. The highest BCUT2D eigenvalue weighted by molar-refractivity contribution is 7.47. The first kappa shape index (κ1) is 51.6. The van der Waals surface area contributed by atoms with Crippen molar-refractivity contribution >= 4 is 56.5 Å². The van der Waals surface area contributed by atoms with Crippen molar-refractivity contribution < 1.29 is 85.7 Å². The number of phosphoric ester groups is 2. The van der Waals surface area contributed by atoms with Gasteiger partial charge in [0.15, 0.2) is 30.0 Å². The fraction of sp³-hybridized carbons (Fsp3) is 0.400. The average Bonchev–Trinajstić information content (AvgIpc) is 3.98. The smallest absolute Gasteiger partial charge is 0.455 e. The minimum Gasteiger partial charge on any atom is -0.455 e. The lowest BCUT2D eigenvalue weighted by Gasteiger charge is -2.26. The monoisotopic (exact) mass is 1020 g/mol. The molecule has 3 aromatic heterocycles. The van der Waals surface area contributed by atoms with Gasteiger partial charge in [-0.25, -0.2) is 38.5 Å². The van der Waals surface area contributed by atoms with E-state index in [4.69, 9.17) is 44.2 Å². The number of esters is 2. The molecule has 376 valence electrons. The lowest BCUT2D eigenvalue weighted by atomic mass is 10.0. The highest BCUT2D eigenvalue weighted by Gasteiger charge is 2.52. The van der Waals surface area contributed by atoms with Crippen molar-refractivity contribution in [1.29, 1.82) is 0 Å². The van der Waals surface area contributed by atoms with Gasteiger partial charge in [0.05, 0.1) is 19.5 Å². The molecule has 2 fully saturated rings. The third-order valence-electron chi connectivity index (χ3n) is 10.7. The minimum absolute atomic E-state index is 0.0338. The number of imidazole rings is 1. The molecule has 1 amide bonds. The predicted octanol–water partition coefficient (Wildman–Crippen LogP) is 0.531. The molecule has 10 N–H and O–H groups in total. The van der Waals surface area contributed by atoms with Crippen LogP contribution in [0.4, 0.5) is 16.4 Å². The van der Waals surface area contributed by atoms with Crippen LogP contribution in [0.3, 0.4) is 0 Å². The predicted molar refractivity (Wildman–Crippen MR) is 235 cm³/mol. The van der Waals surface area contributed by atoms with E-state index in [1.54, 1.807) is 49.4 Å². The topological polar surface area (TPSA) is 403 Å². The summed E-state index contributed by atoms with van der Waals surface area (Å²) in [6.45, 7) is -0.674. The lowest BCUT2D eigenvalue weighted by molar-refractivity contribution is -0.159. The number of aliphatic hydroxyl groups excluding tert-OH is 2. The van der Waals surface area contributed by atoms with Crippen LogP contribution in [-0.4, -0.2) is 128 Å². The fourth-order valence-corrected chi connectivity index (χ4v) is 8.56. The molecule has 2 aromatic carbocycles. The van der Waals surface area contributed by atoms with E-state index < -0.39 is 108 Å². The van der Waals surface area contributed by atoms with E-state index in [1.807, 2.05) is 0 Å². The van der Waals surface area contributed by atoms with E-state index in [-0.39, 0.29) is 54.4 Å². The SMILES string of the molecule is CCC(=O)Oc1ccc(COC(=O)N[C@@H](CCc2ccccc2)C(=O)O[C@H]2[C@@H](O)[C@H](n3cnc4c(N)ncnc43)O[C@@H]2COP(=O)(O)O[C@H]2[C@@H](O)[C@H](n3ccc(N)nc3=O)O[C@@H]2COP(=O)(O)O)cc1. The van der Waals surface area contributed by atoms with Crippen molar-refractivity contribution in [2.24, 2.45) is 0 Å². The van der Waals surface area contributed by atoms with Crippen LogP contribution in [0.2, 0.25) is 0 Å². The van der Waals surface area contributed by atoms with Gasteiger partial charge in [0.1, 0.15) is 66.6 Å². The second-order valence-corrected chi connectivity index (χ2v) is 18.2. The zero-order valence-corrected chi connectivity index (χ0v) is 38.4. The fourth-order valence-electron chi connectivity index (χ4n) is 7.25. The van der Waals surface area contributed by atoms with Crippen LogP contribution >= 0.6 is 15.6 Å². The number of carbonyl (C=O) groups is 3. The summed E-state index contributed by atoms with van der Waals surface area (Å²) < 4.78 is 70.4. The van der Waals surface area contributed by atoms with E-state index in [9.17, 15) is 53.2 Å². The molecule has 10 atom stereocenters. The number of aromatic nitrogens is 6. The standard InChI is InChI=1S/C40H47N9O19P2/c1-2-28(50)64-23-11-8-22(9-12-23)16-61-40(55)46-24(13-10-21-6-4-3-5-7-21)38(53)67-32-25(65-37(30(32)51)49-20-45-29-34(42)43-19-44-35(29)49)18-63-70(59,60)68-33-26(17-62-69(56,57)58)66-36(31(33)52)48-15-14-27(41)47-39(48)54/h3-9,11-12,14-15,19-20,24-26,30-33,36-37,51-52H,2,10,13,16-18H2,1H3,(H,46,55)(H,59,60)(H2,41,47,54)(H2,42,43,44)(H2,56,57,58)/t24-,25+,26+,30+,31+,32+,33+,36+,37+/m0/s1. The molecule has 2 aliphatic heterocycles. The maximum Gasteiger partial charge on any atom is 0.472 e. The largest absolute Gasteiger partial charge is 0.472 e. The number of rotatable bonds is 20. The Balaban J connectivity index is 1.10. The van der Waals surface area contributed by atoms with Gasteiger partial charge in [0.25, 0.3) is 0 Å². The van der Waals surface area contributed by atoms with Crippen LogP contribution in [-0.2, 0) is 64.3 Å². The number of hydrogen-bond donors (Lipinski definition) is 8. The highest BCUT2D eigenvalue weighted by Crippen LogP contribution is 2.50. The summed E-state index contributed by atoms with van der Waals surface area (Å²) in [4.78, 5) is 97.2. The first-order valence-electron chi connectivity index (χ1n) is 21.1. The maximum absolute atomic E-state index is 14.2. The summed E-state index contributed by atoms with van der Waals surface area (Å²) in [7, 11) is -10.7. The van der Waals surface area contributed by atoms with Crippen LogP contribution in [0, 0.1) is 0 Å². The number of nitrogens with one attached hydrogen (secondary N) is 1. The number of carbonyl (C=O) groups excluding carboxylic acids is 3. The van der Waals surface area contributed by atoms with Gasteiger partial charge < -0.3 is 65.4 Å². The van der Waals surface area contributed by atoms with Gasteiger partial charge in [0, 0.05) is 12.6 Å².